The van der Waals surface area contributed by atoms with Crippen molar-refractivity contribution in [2.45, 2.75) is 12.8 Å². The highest BCUT2D eigenvalue weighted by atomic mass is 35.5. The number of amides is 1. The van der Waals surface area contributed by atoms with Gasteiger partial charge in [0.1, 0.15) is 5.75 Å². The monoisotopic (exact) mass is 469 g/mol. The topological polar surface area (TPSA) is 106 Å². The Morgan fingerprint density at radius 1 is 1.07 bits per heavy atom. The Hall–Kier alpha value is -2.74. The molecule has 1 amide bonds. The Labute approximate surface area is 185 Å². The number of anilines is 1. The average Bonchev–Trinajstić information content (AvgIpc) is 2.67. The molecule has 0 aliphatic carbocycles. The molecule has 0 aliphatic heterocycles. The molecule has 0 saturated carbocycles. The molecule has 7 nitrogen and oxygen atoms in total. The minimum Gasteiger partial charge on any atom is -0.491 e. The molecule has 0 fully saturated rings. The number of aliphatic carboxylic acids is 1. The van der Waals surface area contributed by atoms with Gasteiger partial charge in [-0.3, -0.25) is 14.4 Å². The SMILES string of the molecule is O=C(O)CCCOc1cc(Cl)ccc1NC(=O)c1cc(=O)c2cc(Cl)cc(Cl)c2o1. The van der Waals surface area contributed by atoms with Crippen molar-refractivity contribution in [3.05, 3.63) is 67.4 Å². The van der Waals surface area contributed by atoms with E-state index < -0.39 is 17.3 Å². The van der Waals surface area contributed by atoms with Crippen LogP contribution in [0.3, 0.4) is 0 Å². The van der Waals surface area contributed by atoms with E-state index in [9.17, 15) is 14.4 Å². The van der Waals surface area contributed by atoms with Gasteiger partial charge in [0.25, 0.3) is 5.91 Å². The molecule has 1 heterocycles. The fourth-order valence-corrected chi connectivity index (χ4v) is 3.30. The number of carboxylic acid groups (broad SMARTS) is 1. The summed E-state index contributed by atoms with van der Waals surface area (Å²) in [6.07, 6.45) is 0.213. The van der Waals surface area contributed by atoms with Crippen molar-refractivity contribution in [1.82, 2.24) is 0 Å². The third-order valence-electron chi connectivity index (χ3n) is 3.96. The van der Waals surface area contributed by atoms with E-state index in [-0.39, 0.29) is 57.7 Å². The number of rotatable bonds is 7. The van der Waals surface area contributed by atoms with Crippen LogP contribution in [0.15, 0.2) is 45.6 Å². The molecule has 30 heavy (non-hydrogen) atoms. The smallest absolute Gasteiger partial charge is 0.303 e. The largest absolute Gasteiger partial charge is 0.491 e. The van der Waals surface area contributed by atoms with Gasteiger partial charge in [-0.05, 0) is 30.7 Å². The quantitative estimate of drug-likeness (QED) is 0.457. The lowest BCUT2D eigenvalue weighted by molar-refractivity contribution is -0.137. The van der Waals surface area contributed by atoms with Crippen molar-refractivity contribution < 1.29 is 23.8 Å². The fraction of sp³-hybridized carbons (Fsp3) is 0.150. The van der Waals surface area contributed by atoms with Crippen LogP contribution in [-0.4, -0.2) is 23.6 Å². The summed E-state index contributed by atoms with van der Waals surface area (Å²) in [7, 11) is 0. The van der Waals surface area contributed by atoms with Gasteiger partial charge in [0.2, 0.25) is 0 Å². The molecule has 156 valence electrons. The third-order valence-corrected chi connectivity index (χ3v) is 4.69. The molecule has 2 N–H and O–H groups in total. The molecule has 3 aromatic rings. The molecule has 0 aliphatic rings. The first-order chi connectivity index (χ1) is 14.2. The van der Waals surface area contributed by atoms with E-state index in [4.69, 9.17) is 49.1 Å². The van der Waals surface area contributed by atoms with E-state index in [1.165, 1.54) is 30.3 Å². The molecular weight excluding hydrogens is 457 g/mol. The van der Waals surface area contributed by atoms with E-state index in [0.29, 0.717) is 5.02 Å². The van der Waals surface area contributed by atoms with Crippen LogP contribution >= 0.6 is 34.8 Å². The summed E-state index contributed by atoms with van der Waals surface area (Å²) in [6.45, 7) is 0.108. The first-order valence-electron chi connectivity index (χ1n) is 8.63. The van der Waals surface area contributed by atoms with Crippen LogP contribution in [-0.2, 0) is 4.79 Å². The highest BCUT2D eigenvalue weighted by molar-refractivity contribution is 6.38. The number of carbonyl (C=O) groups is 2. The first-order valence-corrected chi connectivity index (χ1v) is 9.76. The molecule has 0 bridgehead atoms. The Morgan fingerprint density at radius 3 is 2.57 bits per heavy atom. The highest BCUT2D eigenvalue weighted by Gasteiger charge is 2.17. The van der Waals surface area contributed by atoms with E-state index >= 15 is 0 Å². The van der Waals surface area contributed by atoms with Crippen LogP contribution in [0, 0.1) is 0 Å². The summed E-state index contributed by atoms with van der Waals surface area (Å²) in [4.78, 5) is 35.6. The van der Waals surface area contributed by atoms with Gasteiger partial charge in [-0.1, -0.05) is 34.8 Å². The minimum atomic E-state index is -0.940. The number of fused-ring (bicyclic) bond motifs is 1. The lowest BCUT2D eigenvalue weighted by Gasteiger charge is -2.13. The fourth-order valence-electron chi connectivity index (χ4n) is 2.60. The summed E-state index contributed by atoms with van der Waals surface area (Å²) in [5, 5.41) is 12.2. The van der Waals surface area contributed by atoms with Crippen LogP contribution in [0.4, 0.5) is 5.69 Å². The number of nitrogens with one attached hydrogen (secondary N) is 1. The van der Waals surface area contributed by atoms with Gasteiger partial charge in [0.05, 0.1) is 22.7 Å². The van der Waals surface area contributed by atoms with Crippen LogP contribution < -0.4 is 15.5 Å². The Bertz CT molecular complexity index is 1190. The van der Waals surface area contributed by atoms with E-state index in [0.717, 1.165) is 6.07 Å². The molecule has 0 saturated heterocycles. The van der Waals surface area contributed by atoms with Crippen molar-refractivity contribution in [2.24, 2.45) is 0 Å². The van der Waals surface area contributed by atoms with Gasteiger partial charge < -0.3 is 19.6 Å². The summed E-state index contributed by atoms with van der Waals surface area (Å²) in [5.74, 6) is -1.67. The Kier molecular flexibility index (Phi) is 6.87. The number of halogens is 3. The molecule has 10 heteroatoms. The normalized spacial score (nSPS) is 10.8. The van der Waals surface area contributed by atoms with Gasteiger partial charge in [-0.2, -0.15) is 0 Å². The summed E-state index contributed by atoms with van der Waals surface area (Å²) in [5.41, 5.74) is -0.170. The van der Waals surface area contributed by atoms with E-state index in [1.807, 2.05) is 0 Å². The molecule has 1 aromatic heterocycles. The van der Waals surface area contributed by atoms with Crippen LogP contribution in [0.25, 0.3) is 11.0 Å². The van der Waals surface area contributed by atoms with Gasteiger partial charge in [0.15, 0.2) is 16.8 Å². The number of carboxylic acids is 1. The van der Waals surface area contributed by atoms with Crippen molar-refractivity contribution in [2.75, 3.05) is 11.9 Å². The second-order valence-electron chi connectivity index (χ2n) is 6.18. The van der Waals surface area contributed by atoms with Crippen LogP contribution in [0.1, 0.15) is 23.4 Å². The van der Waals surface area contributed by atoms with Gasteiger partial charge >= 0.3 is 5.97 Å². The predicted molar refractivity (Wildman–Crippen MR) is 114 cm³/mol. The Morgan fingerprint density at radius 2 is 1.83 bits per heavy atom. The second kappa shape index (κ2) is 9.38. The Balaban J connectivity index is 1.85. The summed E-state index contributed by atoms with van der Waals surface area (Å²) in [6, 6.07) is 8.37. The number of ether oxygens (including phenoxy) is 1. The van der Waals surface area contributed by atoms with Crippen LogP contribution in [0.2, 0.25) is 15.1 Å². The van der Waals surface area contributed by atoms with Gasteiger partial charge in [0, 0.05) is 28.6 Å². The molecular formula is C20H14Cl3NO6. The number of benzene rings is 2. The molecule has 0 radical (unpaired) electrons. The minimum absolute atomic E-state index is 0.0416. The maximum Gasteiger partial charge on any atom is 0.303 e. The van der Waals surface area contributed by atoms with E-state index in [1.54, 1.807) is 0 Å². The van der Waals surface area contributed by atoms with Crippen molar-refractivity contribution in [1.29, 1.82) is 0 Å². The summed E-state index contributed by atoms with van der Waals surface area (Å²) < 4.78 is 11.1. The molecule has 0 atom stereocenters. The zero-order chi connectivity index (χ0) is 21.8. The zero-order valence-electron chi connectivity index (χ0n) is 15.2. The molecule has 2 aromatic carbocycles. The molecule has 0 spiro atoms. The zero-order valence-corrected chi connectivity index (χ0v) is 17.5. The second-order valence-corrected chi connectivity index (χ2v) is 7.46. The summed E-state index contributed by atoms with van der Waals surface area (Å²) >= 11 is 18.0. The maximum absolute atomic E-state index is 12.7. The highest BCUT2D eigenvalue weighted by Crippen LogP contribution is 2.30. The van der Waals surface area contributed by atoms with Crippen molar-refractivity contribution >= 4 is 63.3 Å². The third kappa shape index (κ3) is 5.24. The standard InChI is InChI=1S/C20H14Cl3NO6/c21-10-3-4-14(16(8-10)29-5-1-2-18(26)27)24-20(28)17-9-15(25)12-6-11(22)7-13(23)19(12)30-17/h3-4,6-9H,1-2,5H2,(H,24,28)(H,26,27). The van der Waals surface area contributed by atoms with Gasteiger partial charge in [-0.15, -0.1) is 0 Å². The van der Waals surface area contributed by atoms with Crippen molar-refractivity contribution in [3.8, 4) is 5.75 Å². The van der Waals surface area contributed by atoms with Crippen molar-refractivity contribution in [3.63, 3.8) is 0 Å². The lowest BCUT2D eigenvalue weighted by atomic mass is 10.2. The van der Waals surface area contributed by atoms with Crippen LogP contribution in [0.5, 0.6) is 5.75 Å². The first kappa shape index (κ1) is 22.0. The maximum atomic E-state index is 12.7. The van der Waals surface area contributed by atoms with E-state index in [2.05, 4.69) is 5.32 Å². The lowest BCUT2D eigenvalue weighted by Crippen LogP contribution is -2.16. The average molecular weight is 471 g/mol. The number of hydrogen-bond acceptors (Lipinski definition) is 5. The molecule has 0 unspecified atom stereocenters. The number of carbonyl (C=O) groups excluding carboxylic acids is 1. The number of hydrogen-bond donors (Lipinski definition) is 2. The predicted octanol–water partition coefficient (Wildman–Crippen LogP) is 5.25. The molecule has 3 rings (SSSR count). The van der Waals surface area contributed by atoms with Gasteiger partial charge in [-0.25, -0.2) is 0 Å².